The second-order valence-corrected chi connectivity index (χ2v) is 7.82. The normalized spacial score (nSPS) is 11.7. The molecule has 2 aromatic heterocycles. The third-order valence-corrected chi connectivity index (χ3v) is 4.37. The number of carbonyl (C=O) groups is 1. The lowest BCUT2D eigenvalue weighted by Gasteiger charge is -2.23. The molecule has 0 spiro atoms. The molecule has 1 amide bonds. The number of aryl methyl sites for hydroxylation is 1. The van der Waals surface area contributed by atoms with Gasteiger partial charge in [-0.25, -0.2) is 0 Å². The highest BCUT2D eigenvalue weighted by Crippen LogP contribution is 2.13. The van der Waals surface area contributed by atoms with Gasteiger partial charge >= 0.3 is 0 Å². The molecule has 2 aromatic rings. The number of fused-ring (bicyclic) bond motifs is 1. The first kappa shape index (κ1) is 20.1. The van der Waals surface area contributed by atoms with Crippen LogP contribution in [0.5, 0.6) is 0 Å². The highest BCUT2D eigenvalue weighted by molar-refractivity contribution is 5.97. The van der Waals surface area contributed by atoms with Crippen LogP contribution in [0.3, 0.4) is 0 Å². The maximum absolute atomic E-state index is 12.5. The fraction of sp³-hybridized carbons (Fsp3) is 0.550. The Morgan fingerprint density at radius 2 is 1.88 bits per heavy atom. The molecule has 0 fully saturated rings. The Kier molecular flexibility index (Phi) is 6.91. The van der Waals surface area contributed by atoms with Crippen LogP contribution in [0.4, 0.5) is 0 Å². The molecule has 0 saturated carbocycles. The Bertz CT molecular complexity index is 801. The summed E-state index contributed by atoms with van der Waals surface area (Å²) in [7, 11) is 0. The average Bonchev–Trinajstić information content (AvgIpc) is 2.53. The minimum atomic E-state index is -0.367. The lowest BCUT2D eigenvalue weighted by Crippen LogP contribution is -3.13. The number of aromatic amines is 1. The van der Waals surface area contributed by atoms with Gasteiger partial charge in [-0.15, -0.1) is 0 Å². The van der Waals surface area contributed by atoms with E-state index in [9.17, 15) is 9.59 Å². The van der Waals surface area contributed by atoms with Crippen LogP contribution in [0.1, 0.15) is 43.7 Å². The molecule has 2 rings (SSSR count). The first-order valence-corrected chi connectivity index (χ1v) is 9.38. The Balaban J connectivity index is 2.05. The summed E-state index contributed by atoms with van der Waals surface area (Å²) in [5.74, 6) is 0.890. The summed E-state index contributed by atoms with van der Waals surface area (Å²) in [6, 6.07) is 3.38. The maximum Gasteiger partial charge on any atom is 0.261 e. The minimum absolute atomic E-state index is 0.142. The molecule has 0 radical (unpaired) electrons. The van der Waals surface area contributed by atoms with Gasteiger partial charge in [-0.05, 0) is 19.1 Å². The van der Waals surface area contributed by atoms with Crippen molar-refractivity contribution in [1.29, 1.82) is 0 Å². The summed E-state index contributed by atoms with van der Waals surface area (Å²) in [5.41, 5.74) is 1.26. The van der Waals surface area contributed by atoms with Crippen molar-refractivity contribution in [3.8, 4) is 0 Å². The van der Waals surface area contributed by atoms with Crippen molar-refractivity contribution < 1.29 is 9.69 Å². The van der Waals surface area contributed by atoms with Gasteiger partial charge < -0.3 is 15.2 Å². The van der Waals surface area contributed by atoms with Crippen molar-refractivity contribution in [2.24, 2.45) is 11.8 Å². The van der Waals surface area contributed by atoms with E-state index < -0.39 is 0 Å². The van der Waals surface area contributed by atoms with E-state index in [0.29, 0.717) is 23.9 Å². The standard InChI is InChI=1S/C20H30N4O2/c1-13(2)11-24(12-14(3)4)9-8-22-19(25)17-10-16-15(5)21-7-6-18(16)23-20(17)26/h6-7,10,13-14H,8-9,11-12H2,1-5H3,(H,22,25)(H,23,26)/p+1. The van der Waals surface area contributed by atoms with Gasteiger partial charge in [-0.1, -0.05) is 27.7 Å². The number of H-pyrrole nitrogens is 1. The van der Waals surface area contributed by atoms with Crippen LogP contribution < -0.4 is 15.8 Å². The monoisotopic (exact) mass is 359 g/mol. The Labute approximate surface area is 155 Å². The predicted octanol–water partition coefficient (Wildman–Crippen LogP) is 1.16. The number of quaternary nitrogens is 1. The summed E-state index contributed by atoms with van der Waals surface area (Å²) < 4.78 is 0. The first-order chi connectivity index (χ1) is 12.3. The number of nitrogens with zero attached hydrogens (tertiary/aromatic N) is 1. The number of hydrogen-bond acceptors (Lipinski definition) is 3. The highest BCUT2D eigenvalue weighted by Gasteiger charge is 2.16. The summed E-state index contributed by atoms with van der Waals surface area (Å²) in [6.45, 7) is 14.3. The topological polar surface area (TPSA) is 79.3 Å². The van der Waals surface area contributed by atoms with Crippen molar-refractivity contribution in [3.63, 3.8) is 0 Å². The molecule has 6 heteroatoms. The second kappa shape index (κ2) is 8.94. The van der Waals surface area contributed by atoms with Crippen molar-refractivity contribution in [1.82, 2.24) is 15.3 Å². The zero-order valence-electron chi connectivity index (χ0n) is 16.5. The number of nitrogens with one attached hydrogen (secondary N) is 3. The average molecular weight is 359 g/mol. The summed E-state index contributed by atoms with van der Waals surface area (Å²) in [6.07, 6.45) is 1.65. The van der Waals surface area contributed by atoms with Gasteiger partial charge in [0.05, 0.1) is 31.7 Å². The summed E-state index contributed by atoms with van der Waals surface area (Å²) in [5, 5.41) is 3.70. The third-order valence-electron chi connectivity index (χ3n) is 4.37. The number of pyridine rings is 2. The van der Waals surface area contributed by atoms with Crippen LogP contribution in [0.2, 0.25) is 0 Å². The van der Waals surface area contributed by atoms with Gasteiger partial charge in [0.2, 0.25) is 0 Å². The molecule has 0 atom stereocenters. The Hall–Kier alpha value is -2.21. The zero-order chi connectivity index (χ0) is 19.3. The van der Waals surface area contributed by atoms with Crippen molar-refractivity contribution in [3.05, 3.63) is 39.9 Å². The number of carbonyl (C=O) groups excluding carboxylic acids is 1. The molecule has 0 aromatic carbocycles. The number of aromatic nitrogens is 2. The predicted molar refractivity (Wildman–Crippen MR) is 105 cm³/mol. The van der Waals surface area contributed by atoms with E-state index in [-0.39, 0.29) is 17.0 Å². The van der Waals surface area contributed by atoms with E-state index in [1.807, 2.05) is 6.92 Å². The maximum atomic E-state index is 12.5. The SMILES string of the molecule is Cc1nccc2[nH]c(=O)c(C(=O)NCC[NH+](CC(C)C)CC(C)C)cc12. The molecule has 0 aliphatic carbocycles. The fourth-order valence-corrected chi connectivity index (χ4v) is 3.33. The molecular formula is C20H31N4O2+. The van der Waals surface area contributed by atoms with Crippen molar-refractivity contribution in [2.75, 3.05) is 26.2 Å². The number of amides is 1. The largest absolute Gasteiger partial charge is 0.346 e. The van der Waals surface area contributed by atoms with E-state index in [1.54, 1.807) is 18.3 Å². The van der Waals surface area contributed by atoms with Gasteiger partial charge in [0.1, 0.15) is 5.56 Å². The van der Waals surface area contributed by atoms with Crippen LogP contribution in [0.15, 0.2) is 23.1 Å². The lowest BCUT2D eigenvalue weighted by atomic mass is 10.1. The lowest BCUT2D eigenvalue weighted by molar-refractivity contribution is -0.904. The number of hydrogen-bond donors (Lipinski definition) is 3. The molecule has 0 aliphatic rings. The minimum Gasteiger partial charge on any atom is -0.346 e. The first-order valence-electron chi connectivity index (χ1n) is 9.38. The quantitative estimate of drug-likeness (QED) is 0.662. The fourth-order valence-electron chi connectivity index (χ4n) is 3.33. The summed E-state index contributed by atoms with van der Waals surface area (Å²) >= 11 is 0. The van der Waals surface area contributed by atoms with Crippen LogP contribution >= 0.6 is 0 Å². The van der Waals surface area contributed by atoms with Crippen LogP contribution in [0.25, 0.3) is 10.9 Å². The Morgan fingerprint density at radius 1 is 1.23 bits per heavy atom. The van der Waals surface area contributed by atoms with Crippen LogP contribution in [-0.2, 0) is 0 Å². The molecule has 0 bridgehead atoms. The third kappa shape index (κ3) is 5.39. The van der Waals surface area contributed by atoms with Gasteiger partial charge in [0, 0.05) is 29.1 Å². The van der Waals surface area contributed by atoms with E-state index in [2.05, 4.69) is 43.0 Å². The van der Waals surface area contributed by atoms with Gasteiger partial charge in [0.15, 0.2) is 0 Å². The smallest absolute Gasteiger partial charge is 0.261 e. The van der Waals surface area contributed by atoms with Crippen LogP contribution in [-0.4, -0.2) is 42.1 Å². The second-order valence-electron chi connectivity index (χ2n) is 7.82. The van der Waals surface area contributed by atoms with Crippen molar-refractivity contribution >= 4 is 16.8 Å². The van der Waals surface area contributed by atoms with Crippen molar-refractivity contribution in [2.45, 2.75) is 34.6 Å². The molecule has 6 nitrogen and oxygen atoms in total. The van der Waals surface area contributed by atoms with E-state index in [1.165, 1.54) is 4.90 Å². The molecular weight excluding hydrogens is 328 g/mol. The zero-order valence-corrected chi connectivity index (χ0v) is 16.5. The molecule has 0 aliphatic heterocycles. The molecule has 26 heavy (non-hydrogen) atoms. The molecule has 3 N–H and O–H groups in total. The molecule has 2 heterocycles. The highest BCUT2D eigenvalue weighted by atomic mass is 16.2. The van der Waals surface area contributed by atoms with E-state index in [4.69, 9.17) is 0 Å². The Morgan fingerprint density at radius 3 is 2.50 bits per heavy atom. The molecule has 142 valence electrons. The van der Waals surface area contributed by atoms with Crippen LogP contribution in [0, 0.1) is 18.8 Å². The molecule has 0 saturated heterocycles. The summed E-state index contributed by atoms with van der Waals surface area (Å²) in [4.78, 5) is 33.2. The van der Waals surface area contributed by atoms with Gasteiger partial charge in [0.25, 0.3) is 11.5 Å². The van der Waals surface area contributed by atoms with Gasteiger partial charge in [-0.3, -0.25) is 14.6 Å². The van der Waals surface area contributed by atoms with Gasteiger partial charge in [-0.2, -0.15) is 0 Å². The molecule has 0 unspecified atom stereocenters. The number of rotatable bonds is 8. The van der Waals surface area contributed by atoms with E-state index in [0.717, 1.165) is 30.7 Å². The van der Waals surface area contributed by atoms with E-state index >= 15 is 0 Å².